The molecule has 4 nitrogen and oxygen atoms in total. The molecule has 0 radical (unpaired) electrons. The van der Waals surface area contributed by atoms with Crippen molar-refractivity contribution < 1.29 is 18.0 Å². The summed E-state index contributed by atoms with van der Waals surface area (Å²) in [6.07, 6.45) is -2.78. The Balaban J connectivity index is 0.00000208. The summed E-state index contributed by atoms with van der Waals surface area (Å²) < 4.78 is 41.0. The van der Waals surface area contributed by atoms with Crippen LogP contribution in [-0.4, -0.2) is 22.2 Å². The number of fused-ring (bicyclic) bond motifs is 1. The number of carbonyl (C=O) groups is 1. The van der Waals surface area contributed by atoms with E-state index in [1.54, 1.807) is 10.9 Å². The van der Waals surface area contributed by atoms with Crippen LogP contribution in [0.2, 0.25) is 0 Å². The van der Waals surface area contributed by atoms with E-state index in [0.29, 0.717) is 17.9 Å². The molecule has 0 aliphatic carbocycles. The lowest BCUT2D eigenvalue weighted by Gasteiger charge is -2.32. The minimum Gasteiger partial charge on any atom is -0.305 e. The summed E-state index contributed by atoms with van der Waals surface area (Å²) in [6.45, 7) is 3.69. The predicted molar refractivity (Wildman–Crippen MR) is 97.9 cm³/mol. The molecule has 0 saturated heterocycles. The van der Waals surface area contributed by atoms with Gasteiger partial charge < -0.3 is 4.90 Å². The third-order valence-electron chi connectivity index (χ3n) is 3.89. The van der Waals surface area contributed by atoms with Gasteiger partial charge in [0, 0.05) is 12.2 Å². The molecule has 3 rings (SSSR count). The van der Waals surface area contributed by atoms with Crippen molar-refractivity contribution in [3.05, 3.63) is 44.8 Å². The van der Waals surface area contributed by atoms with Gasteiger partial charge in [-0.25, -0.2) is 0 Å². The van der Waals surface area contributed by atoms with Gasteiger partial charge in [0.25, 0.3) is 5.91 Å². The van der Waals surface area contributed by atoms with Crippen molar-refractivity contribution in [2.75, 3.05) is 11.4 Å². The molecule has 1 aromatic heterocycles. The highest BCUT2D eigenvalue weighted by molar-refractivity contribution is 14.1. The standard InChI is InChI=1S/C15H13F3IN3O.H2S/c1-8-5-10(3-4-11(8)15(16,17)18)21-7-9(2)22-13(14(21)23)12(19)6-20-22;/h3-6,9H,7H2,1-2H3;1H2/t9-;/m0./s1. The molecule has 1 aliphatic heterocycles. The molecule has 1 aliphatic rings. The van der Waals surface area contributed by atoms with E-state index in [4.69, 9.17) is 0 Å². The Morgan fingerprint density at radius 2 is 2.00 bits per heavy atom. The number of aryl methyl sites for hydroxylation is 1. The van der Waals surface area contributed by atoms with E-state index in [9.17, 15) is 18.0 Å². The maximum atomic E-state index is 12.9. The molecular weight excluding hydrogens is 454 g/mol. The SMILES string of the molecule is Cc1cc(N2C[C@H](C)n3ncc(I)c3C2=O)ccc1C(F)(F)F.S. The van der Waals surface area contributed by atoms with Gasteiger partial charge in [-0.2, -0.15) is 31.8 Å². The number of nitrogens with zero attached hydrogens (tertiary/aromatic N) is 3. The summed E-state index contributed by atoms with van der Waals surface area (Å²) in [5.74, 6) is -0.246. The fourth-order valence-corrected chi connectivity index (χ4v) is 3.39. The molecule has 0 spiro atoms. The van der Waals surface area contributed by atoms with Crippen LogP contribution >= 0.6 is 36.1 Å². The molecule has 0 bridgehead atoms. The van der Waals surface area contributed by atoms with Crippen LogP contribution in [0.15, 0.2) is 24.4 Å². The zero-order valence-corrected chi connectivity index (χ0v) is 16.0. The molecule has 0 unspecified atom stereocenters. The number of aromatic nitrogens is 2. The Morgan fingerprint density at radius 1 is 1.33 bits per heavy atom. The first kappa shape index (κ1) is 19.1. The van der Waals surface area contributed by atoms with Crippen LogP contribution < -0.4 is 4.90 Å². The van der Waals surface area contributed by atoms with Gasteiger partial charge in [0.2, 0.25) is 0 Å². The lowest BCUT2D eigenvalue weighted by Crippen LogP contribution is -2.43. The molecule has 0 N–H and O–H groups in total. The van der Waals surface area contributed by atoms with Crippen molar-refractivity contribution in [1.29, 1.82) is 0 Å². The summed E-state index contributed by atoms with van der Waals surface area (Å²) >= 11 is 2.04. The Morgan fingerprint density at radius 3 is 2.58 bits per heavy atom. The Labute approximate surface area is 157 Å². The van der Waals surface area contributed by atoms with E-state index in [0.717, 1.165) is 9.64 Å². The number of anilines is 1. The van der Waals surface area contributed by atoms with Gasteiger partial charge in [-0.3, -0.25) is 9.48 Å². The Hall–Kier alpha value is -1.23. The summed E-state index contributed by atoms with van der Waals surface area (Å²) in [5, 5.41) is 4.19. The predicted octanol–water partition coefficient (Wildman–Crippen LogP) is 4.15. The van der Waals surface area contributed by atoms with Crippen LogP contribution in [0.4, 0.5) is 18.9 Å². The van der Waals surface area contributed by atoms with E-state index in [1.165, 1.54) is 24.0 Å². The zero-order valence-electron chi connectivity index (χ0n) is 12.9. The molecular formula is C15H15F3IN3OS. The third-order valence-corrected chi connectivity index (χ3v) is 4.68. The number of hydrogen-bond donors (Lipinski definition) is 0. The minimum atomic E-state index is -4.39. The topological polar surface area (TPSA) is 38.1 Å². The normalized spacial score (nSPS) is 17.5. The smallest absolute Gasteiger partial charge is 0.305 e. The van der Waals surface area contributed by atoms with Gasteiger partial charge in [0.05, 0.1) is 21.4 Å². The van der Waals surface area contributed by atoms with Gasteiger partial charge in [0.15, 0.2) is 0 Å². The summed E-state index contributed by atoms with van der Waals surface area (Å²) in [7, 11) is 0. The Kier molecular flexibility index (Phi) is 5.24. The van der Waals surface area contributed by atoms with Crippen LogP contribution in [0, 0.1) is 10.5 Å². The zero-order chi connectivity index (χ0) is 16.9. The maximum Gasteiger partial charge on any atom is 0.416 e. The molecule has 24 heavy (non-hydrogen) atoms. The molecule has 0 fully saturated rings. The third kappa shape index (κ3) is 3.15. The van der Waals surface area contributed by atoms with Crippen molar-refractivity contribution >= 4 is 47.7 Å². The molecule has 1 amide bonds. The van der Waals surface area contributed by atoms with Crippen LogP contribution in [0.1, 0.15) is 34.6 Å². The fraction of sp³-hybridized carbons (Fsp3) is 0.333. The van der Waals surface area contributed by atoms with E-state index >= 15 is 0 Å². The second kappa shape index (κ2) is 6.58. The van der Waals surface area contributed by atoms with E-state index in [2.05, 4.69) is 5.10 Å². The van der Waals surface area contributed by atoms with Gasteiger partial charge in [-0.15, -0.1) is 0 Å². The molecule has 1 aromatic carbocycles. The van der Waals surface area contributed by atoms with Crippen LogP contribution in [-0.2, 0) is 6.18 Å². The molecule has 2 aromatic rings. The van der Waals surface area contributed by atoms with E-state index < -0.39 is 11.7 Å². The summed E-state index contributed by atoms with van der Waals surface area (Å²) in [6, 6.07) is 3.74. The summed E-state index contributed by atoms with van der Waals surface area (Å²) in [4.78, 5) is 14.2. The average molecular weight is 469 g/mol. The molecule has 0 saturated carbocycles. The Bertz CT molecular complexity index is 791. The minimum absolute atomic E-state index is 0. The molecule has 9 heteroatoms. The van der Waals surface area contributed by atoms with Gasteiger partial charge in [0.1, 0.15) is 5.69 Å². The number of carbonyl (C=O) groups excluding carboxylic acids is 1. The second-order valence-corrected chi connectivity index (χ2v) is 6.71. The fourth-order valence-electron chi connectivity index (χ4n) is 2.78. The average Bonchev–Trinajstić information content (AvgIpc) is 2.84. The first-order chi connectivity index (χ1) is 10.7. The lowest BCUT2D eigenvalue weighted by molar-refractivity contribution is -0.138. The molecule has 2 heterocycles. The second-order valence-electron chi connectivity index (χ2n) is 5.55. The highest BCUT2D eigenvalue weighted by atomic mass is 127. The van der Waals surface area contributed by atoms with Gasteiger partial charge in [-0.05, 0) is 60.2 Å². The summed E-state index contributed by atoms with van der Waals surface area (Å²) in [5.41, 5.74) is 0.361. The highest BCUT2D eigenvalue weighted by Crippen LogP contribution is 2.35. The van der Waals surface area contributed by atoms with Crippen LogP contribution in [0.25, 0.3) is 0 Å². The van der Waals surface area contributed by atoms with Crippen molar-refractivity contribution in [2.45, 2.75) is 26.1 Å². The first-order valence-corrected chi connectivity index (χ1v) is 8.00. The van der Waals surface area contributed by atoms with Crippen molar-refractivity contribution in [3.63, 3.8) is 0 Å². The van der Waals surface area contributed by atoms with E-state index in [1.807, 2.05) is 29.5 Å². The van der Waals surface area contributed by atoms with Crippen molar-refractivity contribution in [1.82, 2.24) is 9.78 Å². The first-order valence-electron chi connectivity index (χ1n) is 6.93. The van der Waals surface area contributed by atoms with Crippen LogP contribution in [0.5, 0.6) is 0 Å². The number of benzene rings is 1. The van der Waals surface area contributed by atoms with Gasteiger partial charge in [-0.1, -0.05) is 0 Å². The largest absolute Gasteiger partial charge is 0.416 e. The lowest BCUT2D eigenvalue weighted by atomic mass is 10.1. The number of amides is 1. The number of hydrogen-bond acceptors (Lipinski definition) is 2. The number of halogens is 4. The molecule has 1 atom stereocenters. The number of rotatable bonds is 1. The van der Waals surface area contributed by atoms with Crippen molar-refractivity contribution in [2.24, 2.45) is 0 Å². The monoisotopic (exact) mass is 469 g/mol. The molecule has 130 valence electrons. The van der Waals surface area contributed by atoms with Crippen molar-refractivity contribution in [3.8, 4) is 0 Å². The van der Waals surface area contributed by atoms with Crippen LogP contribution in [0.3, 0.4) is 0 Å². The maximum absolute atomic E-state index is 12.9. The van der Waals surface area contributed by atoms with Gasteiger partial charge >= 0.3 is 6.18 Å². The quantitative estimate of drug-likeness (QED) is 0.589. The highest BCUT2D eigenvalue weighted by Gasteiger charge is 2.35. The number of alkyl halides is 3. The van der Waals surface area contributed by atoms with E-state index in [-0.39, 0.29) is 31.0 Å².